The van der Waals surface area contributed by atoms with Gasteiger partial charge < -0.3 is 10.5 Å². The number of amides is 1. The number of ether oxygens (including phenoxy) is 1. The van der Waals surface area contributed by atoms with E-state index >= 15 is 0 Å². The van der Waals surface area contributed by atoms with Crippen LogP contribution in [0.2, 0.25) is 0 Å². The predicted molar refractivity (Wildman–Crippen MR) is 98.2 cm³/mol. The third-order valence-corrected chi connectivity index (χ3v) is 6.36. The number of fused-ring (bicyclic) bond motifs is 2. The van der Waals surface area contributed by atoms with E-state index in [0.717, 1.165) is 31.5 Å². The molecule has 1 saturated carbocycles. The molecule has 1 aliphatic carbocycles. The van der Waals surface area contributed by atoms with E-state index in [9.17, 15) is 4.79 Å². The fourth-order valence-corrected chi connectivity index (χ4v) is 5.16. The van der Waals surface area contributed by atoms with Crippen LogP contribution in [0.1, 0.15) is 62.0 Å². The summed E-state index contributed by atoms with van der Waals surface area (Å²) >= 11 is 0. The average Bonchev–Trinajstić information content (AvgIpc) is 2.60. The molecular weight excluding hydrogens is 314 g/mol. The largest absolute Gasteiger partial charge is 0.373 e. The van der Waals surface area contributed by atoms with Gasteiger partial charge in [-0.3, -0.25) is 14.7 Å². The fourth-order valence-electron chi connectivity index (χ4n) is 5.16. The van der Waals surface area contributed by atoms with E-state index in [1.54, 1.807) is 6.20 Å². The van der Waals surface area contributed by atoms with Crippen LogP contribution >= 0.6 is 0 Å². The van der Waals surface area contributed by atoms with Crippen molar-refractivity contribution in [1.29, 1.82) is 0 Å². The van der Waals surface area contributed by atoms with E-state index in [1.165, 1.54) is 19.3 Å². The van der Waals surface area contributed by atoms with E-state index in [1.807, 2.05) is 19.2 Å². The van der Waals surface area contributed by atoms with Crippen molar-refractivity contribution >= 4 is 5.91 Å². The molecule has 0 aromatic carbocycles. The highest BCUT2D eigenvalue weighted by molar-refractivity contribution is 5.90. The summed E-state index contributed by atoms with van der Waals surface area (Å²) in [5, 5.41) is 0. The Morgan fingerprint density at radius 3 is 2.68 bits per heavy atom. The van der Waals surface area contributed by atoms with Crippen LogP contribution in [-0.2, 0) is 10.3 Å². The maximum Gasteiger partial charge on any atom is 0.267 e. The number of piperidine rings is 1. The number of carbonyl (C=O) groups excluding carboxylic acids is 1. The van der Waals surface area contributed by atoms with Crippen molar-refractivity contribution in [2.45, 2.75) is 57.6 Å². The normalized spacial score (nSPS) is 30.8. The molecular formula is C20H31N3O2. The van der Waals surface area contributed by atoms with Gasteiger partial charge in [-0.1, -0.05) is 19.8 Å². The first-order chi connectivity index (χ1) is 12.0. The number of hydrogen-bond donors (Lipinski definition) is 1. The Morgan fingerprint density at radius 2 is 2.12 bits per heavy atom. The maximum absolute atomic E-state index is 11.6. The van der Waals surface area contributed by atoms with Crippen LogP contribution in [0.15, 0.2) is 18.3 Å². The van der Waals surface area contributed by atoms with Gasteiger partial charge in [-0.05, 0) is 43.9 Å². The van der Waals surface area contributed by atoms with Gasteiger partial charge in [-0.15, -0.1) is 0 Å². The zero-order valence-electron chi connectivity index (χ0n) is 15.7. The third-order valence-electron chi connectivity index (χ3n) is 6.36. The van der Waals surface area contributed by atoms with Crippen molar-refractivity contribution in [2.24, 2.45) is 17.6 Å². The van der Waals surface area contributed by atoms with E-state index in [-0.39, 0.29) is 5.60 Å². The van der Waals surface area contributed by atoms with Crippen LogP contribution in [0.5, 0.6) is 0 Å². The number of primary amides is 1. The number of carbonyl (C=O) groups is 1. The summed E-state index contributed by atoms with van der Waals surface area (Å²) in [6, 6.07) is 4.47. The van der Waals surface area contributed by atoms with Crippen molar-refractivity contribution in [3.05, 3.63) is 29.6 Å². The lowest BCUT2D eigenvalue weighted by atomic mass is 9.62. The molecule has 3 rings (SSSR count). The molecule has 1 aromatic heterocycles. The SMILES string of the molecule is CCCC(C)N1C[C@H]2CCC[C@@H](C1)C2(OC)c1ccnc(C(N)=O)c1. The van der Waals surface area contributed by atoms with E-state index < -0.39 is 5.91 Å². The van der Waals surface area contributed by atoms with Gasteiger partial charge in [-0.25, -0.2) is 0 Å². The summed E-state index contributed by atoms with van der Waals surface area (Å²) in [7, 11) is 1.82. The number of methoxy groups -OCH3 is 1. The smallest absolute Gasteiger partial charge is 0.267 e. The van der Waals surface area contributed by atoms with E-state index in [4.69, 9.17) is 10.5 Å². The van der Waals surface area contributed by atoms with Crippen molar-refractivity contribution in [2.75, 3.05) is 20.2 Å². The molecule has 2 bridgehead atoms. The molecule has 0 spiro atoms. The fraction of sp³-hybridized carbons (Fsp3) is 0.700. The second kappa shape index (κ2) is 7.42. The van der Waals surface area contributed by atoms with Crippen molar-refractivity contribution < 1.29 is 9.53 Å². The van der Waals surface area contributed by atoms with E-state index in [0.29, 0.717) is 23.6 Å². The molecule has 1 amide bonds. The summed E-state index contributed by atoms with van der Waals surface area (Å²) in [4.78, 5) is 18.4. The van der Waals surface area contributed by atoms with Crippen LogP contribution in [0, 0.1) is 11.8 Å². The summed E-state index contributed by atoms with van der Waals surface area (Å²) in [5.41, 5.74) is 6.53. The highest BCUT2D eigenvalue weighted by Crippen LogP contribution is 2.51. The minimum Gasteiger partial charge on any atom is -0.373 e. The number of likely N-dealkylation sites (tertiary alicyclic amines) is 1. The summed E-state index contributed by atoms with van der Waals surface area (Å²) in [6.45, 7) is 6.71. The van der Waals surface area contributed by atoms with Gasteiger partial charge in [0, 0.05) is 44.3 Å². The summed E-state index contributed by atoms with van der Waals surface area (Å²) < 4.78 is 6.25. The topological polar surface area (TPSA) is 68.4 Å². The molecule has 25 heavy (non-hydrogen) atoms. The Hall–Kier alpha value is -1.46. The van der Waals surface area contributed by atoms with E-state index in [2.05, 4.69) is 23.7 Å². The zero-order valence-corrected chi connectivity index (χ0v) is 15.7. The van der Waals surface area contributed by atoms with Crippen LogP contribution in [0.4, 0.5) is 0 Å². The van der Waals surface area contributed by atoms with Crippen LogP contribution < -0.4 is 5.73 Å². The number of aromatic nitrogens is 1. The van der Waals surface area contributed by atoms with Gasteiger partial charge in [0.1, 0.15) is 11.3 Å². The lowest BCUT2D eigenvalue weighted by Crippen LogP contribution is -2.60. The van der Waals surface area contributed by atoms with Gasteiger partial charge in [0.05, 0.1) is 0 Å². The Bertz CT molecular complexity index is 605. The van der Waals surface area contributed by atoms with Gasteiger partial charge in [-0.2, -0.15) is 0 Å². The lowest BCUT2D eigenvalue weighted by Gasteiger charge is -2.56. The minimum atomic E-state index is -0.479. The number of nitrogens with zero attached hydrogens (tertiary/aromatic N) is 2. The molecule has 5 nitrogen and oxygen atoms in total. The molecule has 1 aliphatic heterocycles. The van der Waals surface area contributed by atoms with Crippen molar-refractivity contribution in [3.8, 4) is 0 Å². The molecule has 1 aromatic rings. The Morgan fingerprint density at radius 1 is 1.44 bits per heavy atom. The Balaban J connectivity index is 1.96. The van der Waals surface area contributed by atoms with Crippen molar-refractivity contribution in [3.63, 3.8) is 0 Å². The third kappa shape index (κ3) is 3.20. The molecule has 2 fully saturated rings. The monoisotopic (exact) mass is 345 g/mol. The molecule has 1 saturated heterocycles. The van der Waals surface area contributed by atoms with Crippen LogP contribution in [0.3, 0.4) is 0 Å². The highest BCUT2D eigenvalue weighted by Gasteiger charge is 2.53. The van der Waals surface area contributed by atoms with Crippen LogP contribution in [-0.4, -0.2) is 42.0 Å². The first-order valence-corrected chi connectivity index (χ1v) is 9.58. The van der Waals surface area contributed by atoms with Gasteiger partial charge in [0.15, 0.2) is 0 Å². The van der Waals surface area contributed by atoms with Gasteiger partial charge in [0.2, 0.25) is 0 Å². The predicted octanol–water partition coefficient (Wildman–Crippen LogP) is 2.94. The number of rotatable bonds is 6. The quantitative estimate of drug-likeness (QED) is 0.861. The van der Waals surface area contributed by atoms with Gasteiger partial charge in [0.25, 0.3) is 5.91 Å². The van der Waals surface area contributed by atoms with Gasteiger partial charge >= 0.3 is 0 Å². The molecule has 0 radical (unpaired) electrons. The maximum atomic E-state index is 11.6. The molecule has 2 unspecified atom stereocenters. The standard InChI is InChI=1S/C20H31N3O2/c1-4-6-14(2)23-12-16-7-5-8-17(13-23)20(16,25-3)15-9-10-22-18(11-15)19(21)24/h9-11,14,16-17H,4-8,12-13H2,1-3H3,(H2,21,24)/t14?,16-,17+,20?. The minimum absolute atomic E-state index is 0.326. The lowest BCUT2D eigenvalue weighted by molar-refractivity contribution is -0.173. The van der Waals surface area contributed by atoms with Crippen LogP contribution in [0.25, 0.3) is 0 Å². The molecule has 138 valence electrons. The molecule has 2 aliphatic rings. The molecule has 5 heteroatoms. The Kier molecular flexibility index (Phi) is 5.44. The summed E-state index contributed by atoms with van der Waals surface area (Å²) in [6.07, 6.45) is 7.72. The number of nitrogens with two attached hydrogens (primary N) is 1. The second-order valence-electron chi connectivity index (χ2n) is 7.71. The molecule has 2 N–H and O–H groups in total. The van der Waals surface area contributed by atoms with Crippen molar-refractivity contribution in [1.82, 2.24) is 9.88 Å². The second-order valence-corrected chi connectivity index (χ2v) is 7.71. The first-order valence-electron chi connectivity index (χ1n) is 9.58. The highest BCUT2D eigenvalue weighted by atomic mass is 16.5. The summed E-state index contributed by atoms with van der Waals surface area (Å²) in [5.74, 6) is 0.395. The number of pyridine rings is 1. The Labute approximate surface area is 150 Å². The molecule has 4 atom stereocenters. The zero-order chi connectivity index (χ0) is 18.0. The first kappa shape index (κ1) is 18.3. The number of hydrogen-bond acceptors (Lipinski definition) is 4. The molecule has 2 heterocycles. The average molecular weight is 345 g/mol.